The van der Waals surface area contributed by atoms with Crippen LogP contribution >= 0.6 is 24.0 Å². The van der Waals surface area contributed by atoms with Gasteiger partial charge < -0.3 is 16.0 Å². The molecule has 0 saturated heterocycles. The van der Waals surface area contributed by atoms with Crippen LogP contribution in [0.2, 0.25) is 5.02 Å². The molecule has 26 heavy (non-hydrogen) atoms. The van der Waals surface area contributed by atoms with Gasteiger partial charge >= 0.3 is 6.18 Å². The molecule has 0 heterocycles. The summed E-state index contributed by atoms with van der Waals surface area (Å²) in [6.45, 7) is -0.304. The van der Waals surface area contributed by atoms with Crippen LogP contribution in [0.4, 0.5) is 18.9 Å². The number of likely N-dealkylation sites (N-methyl/N-ethyl adjacent to an activating group) is 1. The van der Waals surface area contributed by atoms with E-state index in [9.17, 15) is 22.8 Å². The summed E-state index contributed by atoms with van der Waals surface area (Å²) < 4.78 is 38.5. The molecule has 0 bridgehead atoms. The largest absolute Gasteiger partial charge is 0.417 e. The Kier molecular flexibility index (Phi) is 7.33. The molecule has 3 N–H and O–H groups in total. The van der Waals surface area contributed by atoms with Crippen LogP contribution in [0.15, 0.2) is 18.2 Å². The lowest BCUT2D eigenvalue weighted by Crippen LogP contribution is -2.53. The van der Waals surface area contributed by atoms with Crippen LogP contribution < -0.4 is 11.1 Å². The van der Waals surface area contributed by atoms with Gasteiger partial charge in [0, 0.05) is 12.7 Å². The Hall–Kier alpha value is -1.51. The highest BCUT2D eigenvalue weighted by molar-refractivity contribution is 6.31. The quantitative estimate of drug-likeness (QED) is 0.793. The zero-order valence-corrected chi connectivity index (χ0v) is 15.6. The Morgan fingerprint density at radius 2 is 1.88 bits per heavy atom. The highest BCUT2D eigenvalue weighted by Crippen LogP contribution is 2.36. The van der Waals surface area contributed by atoms with E-state index in [1.54, 1.807) is 0 Å². The van der Waals surface area contributed by atoms with Crippen LogP contribution in [0.25, 0.3) is 0 Å². The Balaban J connectivity index is 0.00000338. The summed E-state index contributed by atoms with van der Waals surface area (Å²) >= 11 is 5.53. The first-order valence-corrected chi connectivity index (χ1v) is 8.12. The van der Waals surface area contributed by atoms with E-state index in [2.05, 4.69) is 5.32 Å². The molecule has 1 aliphatic carbocycles. The molecule has 0 aromatic heterocycles. The Morgan fingerprint density at radius 3 is 2.42 bits per heavy atom. The van der Waals surface area contributed by atoms with Crippen molar-refractivity contribution in [2.75, 3.05) is 18.9 Å². The number of nitrogens with zero attached hydrogens (tertiary/aromatic N) is 1. The third kappa shape index (κ3) is 5.25. The van der Waals surface area contributed by atoms with Crippen LogP contribution in [-0.2, 0) is 15.8 Å². The zero-order chi connectivity index (χ0) is 18.8. The number of nitrogens with two attached hydrogens (primary N) is 1. The van der Waals surface area contributed by atoms with Gasteiger partial charge in [-0.05, 0) is 31.0 Å². The van der Waals surface area contributed by atoms with E-state index in [0.29, 0.717) is 12.8 Å². The summed E-state index contributed by atoms with van der Waals surface area (Å²) in [6, 6.07) is 3.07. The molecule has 146 valence electrons. The molecule has 1 saturated carbocycles. The predicted molar refractivity (Wildman–Crippen MR) is 95.4 cm³/mol. The molecule has 1 aromatic rings. The molecule has 1 aliphatic rings. The van der Waals surface area contributed by atoms with Gasteiger partial charge in [-0.3, -0.25) is 9.59 Å². The van der Waals surface area contributed by atoms with Crippen LogP contribution in [0.3, 0.4) is 0 Å². The molecule has 2 amide bonds. The van der Waals surface area contributed by atoms with E-state index in [-0.39, 0.29) is 30.5 Å². The third-order valence-corrected chi connectivity index (χ3v) is 4.53. The number of nitrogens with one attached hydrogen (secondary N) is 1. The van der Waals surface area contributed by atoms with Gasteiger partial charge in [0.25, 0.3) is 0 Å². The molecule has 0 atom stereocenters. The van der Waals surface area contributed by atoms with Crippen molar-refractivity contribution >= 4 is 41.5 Å². The molecule has 10 heteroatoms. The minimum absolute atomic E-state index is 0. The third-order valence-electron chi connectivity index (χ3n) is 4.20. The summed E-state index contributed by atoms with van der Waals surface area (Å²) in [7, 11) is 1.44. The van der Waals surface area contributed by atoms with Gasteiger partial charge in [0.05, 0.1) is 22.7 Å². The van der Waals surface area contributed by atoms with Gasteiger partial charge in [-0.1, -0.05) is 24.4 Å². The standard InChI is InChI=1S/C16H19ClF3N3O2.ClH/c1-23(14(25)15(21)6-2-3-7-15)9-13(24)22-10-4-5-12(17)11(8-10)16(18,19)20;/h4-5,8H,2-3,6-7,9,21H2,1H3,(H,22,24);1H. The number of rotatable bonds is 4. The fraction of sp³-hybridized carbons (Fsp3) is 0.500. The smallest absolute Gasteiger partial charge is 0.335 e. The Labute approximate surface area is 160 Å². The zero-order valence-electron chi connectivity index (χ0n) is 14.0. The number of benzene rings is 1. The molecular weight excluding hydrogens is 394 g/mol. The van der Waals surface area contributed by atoms with Gasteiger partial charge in [0.1, 0.15) is 0 Å². The second-order valence-electron chi connectivity index (χ2n) is 6.27. The normalized spacial score (nSPS) is 15.9. The van der Waals surface area contributed by atoms with Crippen molar-refractivity contribution in [3.8, 4) is 0 Å². The topological polar surface area (TPSA) is 75.4 Å². The SMILES string of the molecule is CN(CC(=O)Nc1ccc(Cl)c(C(F)(F)F)c1)C(=O)C1(N)CCCC1.Cl. The first-order chi connectivity index (χ1) is 11.5. The van der Waals surface area contributed by atoms with Crippen molar-refractivity contribution in [3.63, 3.8) is 0 Å². The van der Waals surface area contributed by atoms with Gasteiger partial charge in [0.2, 0.25) is 11.8 Å². The minimum Gasteiger partial charge on any atom is -0.335 e. The van der Waals surface area contributed by atoms with E-state index in [1.165, 1.54) is 18.0 Å². The number of hydrogen-bond acceptors (Lipinski definition) is 3. The second kappa shape index (κ2) is 8.45. The monoisotopic (exact) mass is 413 g/mol. The number of alkyl halides is 3. The molecule has 0 radical (unpaired) electrons. The average molecular weight is 414 g/mol. The van der Waals surface area contributed by atoms with E-state index >= 15 is 0 Å². The van der Waals surface area contributed by atoms with Crippen molar-refractivity contribution in [3.05, 3.63) is 28.8 Å². The number of carbonyl (C=O) groups is 2. The minimum atomic E-state index is -4.63. The maximum absolute atomic E-state index is 12.8. The number of anilines is 1. The molecule has 0 aliphatic heterocycles. The number of amides is 2. The predicted octanol–water partition coefficient (Wildman–Crippen LogP) is 3.45. The number of hydrogen-bond donors (Lipinski definition) is 2. The maximum atomic E-state index is 12.8. The van der Waals surface area contributed by atoms with E-state index in [0.717, 1.165) is 25.0 Å². The van der Waals surface area contributed by atoms with E-state index < -0.39 is 28.2 Å². The number of halogens is 5. The molecule has 1 aromatic carbocycles. The lowest BCUT2D eigenvalue weighted by Gasteiger charge is -2.28. The number of carbonyl (C=O) groups excluding carboxylic acids is 2. The van der Waals surface area contributed by atoms with Crippen molar-refractivity contribution in [2.24, 2.45) is 5.73 Å². The highest BCUT2D eigenvalue weighted by atomic mass is 35.5. The van der Waals surface area contributed by atoms with Gasteiger partial charge in [0.15, 0.2) is 0 Å². The highest BCUT2D eigenvalue weighted by Gasteiger charge is 2.39. The maximum Gasteiger partial charge on any atom is 0.417 e. The molecule has 0 unspecified atom stereocenters. The first kappa shape index (κ1) is 22.5. The summed E-state index contributed by atoms with van der Waals surface area (Å²) in [4.78, 5) is 25.6. The Bertz CT molecular complexity index is 677. The lowest BCUT2D eigenvalue weighted by atomic mass is 9.97. The molecule has 2 rings (SSSR count). The van der Waals surface area contributed by atoms with Gasteiger partial charge in [-0.25, -0.2) is 0 Å². The van der Waals surface area contributed by atoms with E-state index in [1.807, 2.05) is 0 Å². The molecule has 5 nitrogen and oxygen atoms in total. The molecule has 1 fully saturated rings. The second-order valence-corrected chi connectivity index (χ2v) is 6.67. The van der Waals surface area contributed by atoms with E-state index in [4.69, 9.17) is 17.3 Å². The van der Waals surface area contributed by atoms with Crippen LogP contribution in [-0.4, -0.2) is 35.8 Å². The summed E-state index contributed by atoms with van der Waals surface area (Å²) in [6.07, 6.45) is -1.80. The summed E-state index contributed by atoms with van der Waals surface area (Å²) in [5, 5.41) is 1.88. The molecule has 0 spiro atoms. The summed E-state index contributed by atoms with van der Waals surface area (Å²) in [5.41, 5.74) is 4.01. The first-order valence-electron chi connectivity index (χ1n) is 7.74. The fourth-order valence-electron chi connectivity index (χ4n) is 2.91. The van der Waals surface area contributed by atoms with Crippen molar-refractivity contribution in [2.45, 2.75) is 37.4 Å². The van der Waals surface area contributed by atoms with Crippen molar-refractivity contribution < 1.29 is 22.8 Å². The van der Waals surface area contributed by atoms with Crippen LogP contribution in [0.5, 0.6) is 0 Å². The van der Waals surface area contributed by atoms with Crippen molar-refractivity contribution in [1.82, 2.24) is 4.90 Å². The van der Waals surface area contributed by atoms with Crippen LogP contribution in [0.1, 0.15) is 31.2 Å². The lowest BCUT2D eigenvalue weighted by molar-refractivity contribution is -0.138. The van der Waals surface area contributed by atoms with Crippen molar-refractivity contribution in [1.29, 1.82) is 0 Å². The summed E-state index contributed by atoms with van der Waals surface area (Å²) in [5.74, 6) is -0.958. The van der Waals surface area contributed by atoms with Gasteiger partial charge in [-0.15, -0.1) is 12.4 Å². The fourth-order valence-corrected chi connectivity index (χ4v) is 3.13. The molecular formula is C16H20Cl2F3N3O2. The Morgan fingerprint density at radius 1 is 1.31 bits per heavy atom. The van der Waals surface area contributed by atoms with Crippen LogP contribution in [0, 0.1) is 0 Å². The van der Waals surface area contributed by atoms with Gasteiger partial charge in [-0.2, -0.15) is 13.2 Å². The average Bonchev–Trinajstić information content (AvgIpc) is 2.95.